The van der Waals surface area contributed by atoms with E-state index in [2.05, 4.69) is 10.1 Å². The molecule has 0 bridgehead atoms. The molecule has 0 aliphatic rings. The van der Waals surface area contributed by atoms with Gasteiger partial charge in [0.25, 0.3) is 5.56 Å². The van der Waals surface area contributed by atoms with E-state index in [0.717, 1.165) is 5.56 Å². The second kappa shape index (κ2) is 7.23. The Hall–Kier alpha value is -2.54. The largest absolute Gasteiger partial charge is 0.291 e. The van der Waals surface area contributed by atoms with Crippen LogP contribution in [0.4, 0.5) is 4.39 Å². The fourth-order valence-corrected chi connectivity index (χ4v) is 3.85. The Labute approximate surface area is 166 Å². The average molecular weight is 418 g/mol. The van der Waals surface area contributed by atoms with Crippen LogP contribution in [0.2, 0.25) is 10.0 Å². The third kappa shape index (κ3) is 3.64. The maximum absolute atomic E-state index is 12.9. The van der Waals surface area contributed by atoms with Crippen molar-refractivity contribution in [1.82, 2.24) is 14.6 Å². The molecule has 0 unspecified atom stereocenters. The maximum atomic E-state index is 12.9. The summed E-state index contributed by atoms with van der Waals surface area (Å²) in [5.41, 5.74) is 1.10. The molecule has 27 heavy (non-hydrogen) atoms. The van der Waals surface area contributed by atoms with E-state index in [0.29, 0.717) is 30.9 Å². The highest BCUT2D eigenvalue weighted by molar-refractivity contribution is 7.15. The summed E-state index contributed by atoms with van der Waals surface area (Å²) in [7, 11) is 0. The van der Waals surface area contributed by atoms with Gasteiger partial charge in [-0.25, -0.2) is 4.39 Å². The number of aromatic nitrogens is 3. The lowest BCUT2D eigenvalue weighted by Crippen LogP contribution is -2.23. The molecule has 2 aromatic carbocycles. The summed E-state index contributed by atoms with van der Waals surface area (Å²) in [6, 6.07) is 11.2. The molecule has 0 saturated carbocycles. The van der Waals surface area contributed by atoms with Crippen molar-refractivity contribution < 1.29 is 4.39 Å². The minimum absolute atomic E-state index is 0.292. The standard InChI is InChI=1S/C19H10Cl2FN3OS/c20-14-2-1-3-15(21)13(14)10-16-18(26)25-19(27-16)23-17(24-25)9-6-11-4-7-12(22)8-5-11/h1-10H/b9-6+,16-10-. The number of benzene rings is 2. The van der Waals surface area contributed by atoms with Crippen LogP contribution < -0.4 is 10.1 Å². The zero-order chi connectivity index (χ0) is 19.0. The Morgan fingerprint density at radius 1 is 1.04 bits per heavy atom. The lowest BCUT2D eigenvalue weighted by molar-refractivity contribution is 0.628. The topological polar surface area (TPSA) is 47.3 Å². The molecule has 2 heterocycles. The molecule has 4 rings (SSSR count). The molecule has 4 nitrogen and oxygen atoms in total. The summed E-state index contributed by atoms with van der Waals surface area (Å²) in [5, 5.41) is 5.13. The quantitative estimate of drug-likeness (QED) is 0.498. The zero-order valence-electron chi connectivity index (χ0n) is 13.6. The summed E-state index contributed by atoms with van der Waals surface area (Å²) in [4.78, 5) is 17.4. The molecule has 8 heteroatoms. The molecular weight excluding hydrogens is 408 g/mol. The van der Waals surface area contributed by atoms with Crippen molar-refractivity contribution in [3.05, 3.63) is 90.2 Å². The van der Waals surface area contributed by atoms with Crippen molar-refractivity contribution >= 4 is 57.7 Å². The van der Waals surface area contributed by atoms with Crippen LogP contribution in [0.25, 0.3) is 23.2 Å². The molecule has 0 atom stereocenters. The Morgan fingerprint density at radius 3 is 2.41 bits per heavy atom. The van der Waals surface area contributed by atoms with Gasteiger partial charge in [-0.1, -0.05) is 58.8 Å². The minimum atomic E-state index is -0.300. The van der Waals surface area contributed by atoms with Crippen molar-refractivity contribution in [2.24, 2.45) is 0 Å². The van der Waals surface area contributed by atoms with Crippen LogP contribution in [0.5, 0.6) is 0 Å². The summed E-state index contributed by atoms with van der Waals surface area (Å²) < 4.78 is 14.6. The molecule has 0 radical (unpaired) electrons. The highest BCUT2D eigenvalue weighted by atomic mass is 35.5. The zero-order valence-corrected chi connectivity index (χ0v) is 15.9. The molecule has 134 valence electrons. The summed E-state index contributed by atoms with van der Waals surface area (Å²) in [5.74, 6) is 0.0937. The highest BCUT2D eigenvalue weighted by Gasteiger charge is 2.10. The number of halogens is 3. The van der Waals surface area contributed by atoms with E-state index in [1.54, 1.807) is 48.6 Å². The van der Waals surface area contributed by atoms with Crippen LogP contribution in [0, 0.1) is 5.82 Å². The van der Waals surface area contributed by atoms with Crippen molar-refractivity contribution in [2.45, 2.75) is 0 Å². The van der Waals surface area contributed by atoms with Gasteiger partial charge in [-0.15, -0.1) is 5.10 Å². The van der Waals surface area contributed by atoms with Gasteiger partial charge >= 0.3 is 0 Å². The average Bonchev–Trinajstić information content (AvgIpc) is 3.17. The maximum Gasteiger partial charge on any atom is 0.291 e. The molecule has 2 aromatic heterocycles. The highest BCUT2D eigenvalue weighted by Crippen LogP contribution is 2.24. The molecule has 0 aliphatic carbocycles. The van der Waals surface area contributed by atoms with E-state index >= 15 is 0 Å². The third-order valence-corrected chi connectivity index (χ3v) is 5.39. The Kier molecular flexibility index (Phi) is 4.78. The van der Waals surface area contributed by atoms with Crippen LogP contribution in [0.15, 0.2) is 47.3 Å². The first-order valence-corrected chi connectivity index (χ1v) is 9.37. The van der Waals surface area contributed by atoms with Gasteiger partial charge < -0.3 is 0 Å². The van der Waals surface area contributed by atoms with Crippen molar-refractivity contribution in [3.8, 4) is 0 Å². The first kappa shape index (κ1) is 17.9. The normalized spacial score (nSPS) is 12.5. The molecule has 0 spiro atoms. The van der Waals surface area contributed by atoms with E-state index in [-0.39, 0.29) is 11.4 Å². The number of fused-ring (bicyclic) bond motifs is 1. The van der Waals surface area contributed by atoms with Crippen molar-refractivity contribution in [3.63, 3.8) is 0 Å². The smallest absolute Gasteiger partial charge is 0.266 e. The van der Waals surface area contributed by atoms with E-state index < -0.39 is 0 Å². The second-order valence-electron chi connectivity index (χ2n) is 5.60. The van der Waals surface area contributed by atoms with E-state index in [1.807, 2.05) is 0 Å². The van der Waals surface area contributed by atoms with Gasteiger partial charge in [0.2, 0.25) is 4.96 Å². The molecule has 4 aromatic rings. The molecule has 0 saturated heterocycles. The fourth-order valence-electron chi connectivity index (χ4n) is 2.44. The van der Waals surface area contributed by atoms with Gasteiger partial charge in [-0.05, 0) is 42.0 Å². The predicted molar refractivity (Wildman–Crippen MR) is 108 cm³/mol. The second-order valence-corrected chi connectivity index (χ2v) is 7.42. The van der Waals surface area contributed by atoms with Gasteiger partial charge in [0.15, 0.2) is 5.82 Å². The fraction of sp³-hybridized carbons (Fsp3) is 0. The number of nitrogens with zero attached hydrogens (tertiary/aromatic N) is 3. The number of hydrogen-bond donors (Lipinski definition) is 0. The van der Waals surface area contributed by atoms with Crippen molar-refractivity contribution in [1.29, 1.82) is 0 Å². The monoisotopic (exact) mass is 417 g/mol. The summed E-state index contributed by atoms with van der Waals surface area (Å²) in [6.07, 6.45) is 5.06. The van der Waals surface area contributed by atoms with E-state index in [1.165, 1.54) is 28.0 Å². The first-order valence-electron chi connectivity index (χ1n) is 7.80. The first-order chi connectivity index (χ1) is 13.0. The molecular formula is C19H10Cl2FN3OS. The third-order valence-electron chi connectivity index (χ3n) is 3.77. The molecule has 0 N–H and O–H groups in total. The predicted octanol–water partition coefficient (Wildman–Crippen LogP) is 4.32. The summed E-state index contributed by atoms with van der Waals surface area (Å²) >= 11 is 13.5. The van der Waals surface area contributed by atoms with Crippen LogP contribution in [-0.4, -0.2) is 14.6 Å². The Balaban J connectivity index is 1.71. The number of hydrogen-bond acceptors (Lipinski definition) is 4. The van der Waals surface area contributed by atoms with E-state index in [4.69, 9.17) is 23.2 Å². The van der Waals surface area contributed by atoms with Crippen LogP contribution in [0.3, 0.4) is 0 Å². The van der Waals surface area contributed by atoms with Gasteiger partial charge in [0.05, 0.1) is 4.53 Å². The van der Waals surface area contributed by atoms with Crippen LogP contribution >= 0.6 is 34.5 Å². The number of thiazole rings is 1. The summed E-state index contributed by atoms with van der Waals surface area (Å²) in [6.45, 7) is 0. The van der Waals surface area contributed by atoms with Crippen LogP contribution in [-0.2, 0) is 0 Å². The van der Waals surface area contributed by atoms with Gasteiger partial charge in [0, 0.05) is 15.6 Å². The SMILES string of the molecule is O=c1/c(=C/c2c(Cl)cccc2Cl)sc2nc(/C=C/c3ccc(F)cc3)nn12. The van der Waals surface area contributed by atoms with Gasteiger partial charge in [0.1, 0.15) is 5.82 Å². The Bertz CT molecular complexity index is 1260. The lowest BCUT2D eigenvalue weighted by Gasteiger charge is -1.99. The molecule has 0 aliphatic heterocycles. The van der Waals surface area contributed by atoms with Gasteiger partial charge in [-0.2, -0.15) is 9.50 Å². The minimum Gasteiger partial charge on any atom is -0.266 e. The molecule has 0 fully saturated rings. The molecule has 0 amide bonds. The van der Waals surface area contributed by atoms with Gasteiger partial charge in [-0.3, -0.25) is 4.79 Å². The lowest BCUT2D eigenvalue weighted by atomic mass is 10.2. The van der Waals surface area contributed by atoms with Crippen LogP contribution in [0.1, 0.15) is 17.0 Å². The van der Waals surface area contributed by atoms with Crippen molar-refractivity contribution in [2.75, 3.05) is 0 Å². The van der Waals surface area contributed by atoms with E-state index in [9.17, 15) is 9.18 Å². The number of rotatable bonds is 3. The Morgan fingerprint density at radius 2 is 1.74 bits per heavy atom.